The van der Waals surface area contributed by atoms with Gasteiger partial charge in [0.2, 0.25) is 0 Å². The molecular formula is C23H28N4O. The van der Waals surface area contributed by atoms with Gasteiger partial charge in [-0.05, 0) is 74.6 Å². The Morgan fingerprint density at radius 2 is 1.82 bits per heavy atom. The second kappa shape index (κ2) is 7.66. The van der Waals surface area contributed by atoms with Crippen LogP contribution < -0.4 is 10.2 Å². The van der Waals surface area contributed by atoms with Gasteiger partial charge in [-0.15, -0.1) is 0 Å². The van der Waals surface area contributed by atoms with Crippen LogP contribution in [0, 0.1) is 20.8 Å². The van der Waals surface area contributed by atoms with Crippen molar-refractivity contribution >= 4 is 22.6 Å². The highest BCUT2D eigenvalue weighted by Gasteiger charge is 2.16. The van der Waals surface area contributed by atoms with Gasteiger partial charge in [0.15, 0.2) is 0 Å². The molecule has 4 rings (SSSR count). The predicted octanol–water partition coefficient (Wildman–Crippen LogP) is 4.06. The number of nitrogens with one attached hydrogen (secondary N) is 2. The number of carbonyl (C=O) groups excluding carboxylic acids is 1. The van der Waals surface area contributed by atoms with Crippen LogP contribution in [0.2, 0.25) is 0 Å². The molecule has 1 fully saturated rings. The van der Waals surface area contributed by atoms with Crippen LogP contribution in [0.3, 0.4) is 0 Å². The molecule has 0 radical (unpaired) electrons. The summed E-state index contributed by atoms with van der Waals surface area (Å²) >= 11 is 0. The van der Waals surface area contributed by atoms with Crippen LogP contribution in [-0.4, -0.2) is 35.5 Å². The van der Waals surface area contributed by atoms with Crippen molar-refractivity contribution in [2.24, 2.45) is 0 Å². The van der Waals surface area contributed by atoms with Crippen molar-refractivity contribution in [3.63, 3.8) is 0 Å². The average molecular weight is 377 g/mol. The van der Waals surface area contributed by atoms with E-state index in [1.807, 2.05) is 18.2 Å². The minimum atomic E-state index is -0.0248. The number of amides is 1. The number of aryl methyl sites for hydroxylation is 3. The Balaban J connectivity index is 1.40. The summed E-state index contributed by atoms with van der Waals surface area (Å²) in [5.41, 5.74) is 7.68. The molecule has 1 saturated heterocycles. The lowest BCUT2D eigenvalue weighted by Crippen LogP contribution is -2.26. The van der Waals surface area contributed by atoms with E-state index in [0.717, 1.165) is 35.5 Å². The van der Waals surface area contributed by atoms with Crippen LogP contribution in [-0.2, 0) is 6.42 Å². The molecule has 2 aromatic carbocycles. The number of aromatic nitrogens is 2. The molecule has 5 nitrogen and oxygen atoms in total. The molecule has 0 atom stereocenters. The van der Waals surface area contributed by atoms with Gasteiger partial charge in [0.05, 0.1) is 11.0 Å². The summed E-state index contributed by atoms with van der Waals surface area (Å²) in [6, 6.07) is 10.2. The van der Waals surface area contributed by atoms with Crippen molar-refractivity contribution in [3.05, 3.63) is 58.4 Å². The topological polar surface area (TPSA) is 61.0 Å². The van der Waals surface area contributed by atoms with E-state index in [0.29, 0.717) is 13.0 Å². The number of H-pyrrole nitrogens is 1. The number of hydrogen-bond acceptors (Lipinski definition) is 3. The van der Waals surface area contributed by atoms with Gasteiger partial charge in [0, 0.05) is 37.3 Å². The monoisotopic (exact) mass is 376 g/mol. The molecule has 28 heavy (non-hydrogen) atoms. The molecular weight excluding hydrogens is 348 g/mol. The van der Waals surface area contributed by atoms with Gasteiger partial charge < -0.3 is 15.2 Å². The van der Waals surface area contributed by atoms with E-state index in [2.05, 4.69) is 53.1 Å². The third-order valence-electron chi connectivity index (χ3n) is 5.71. The van der Waals surface area contributed by atoms with Crippen molar-refractivity contribution in [3.8, 4) is 0 Å². The fourth-order valence-electron chi connectivity index (χ4n) is 3.89. The zero-order valence-corrected chi connectivity index (χ0v) is 16.9. The molecule has 146 valence electrons. The maximum Gasteiger partial charge on any atom is 0.251 e. The molecule has 0 spiro atoms. The van der Waals surface area contributed by atoms with Crippen molar-refractivity contribution < 1.29 is 4.79 Å². The van der Waals surface area contributed by atoms with Gasteiger partial charge in [-0.2, -0.15) is 0 Å². The standard InChI is InChI=1S/C23H28N4O/c1-15-6-7-18(14-21(15)27-10-4-5-11-27)23(28)24-9-8-22-25-19-12-16(2)17(3)13-20(19)26-22/h6-7,12-14H,4-5,8-11H2,1-3H3,(H,24,28)(H,25,26). The molecule has 0 aliphatic carbocycles. The van der Waals surface area contributed by atoms with Crippen molar-refractivity contribution in [1.82, 2.24) is 15.3 Å². The highest BCUT2D eigenvalue weighted by molar-refractivity contribution is 5.95. The molecule has 0 saturated carbocycles. The average Bonchev–Trinajstić information content (AvgIpc) is 3.32. The van der Waals surface area contributed by atoms with Crippen molar-refractivity contribution in [2.75, 3.05) is 24.5 Å². The summed E-state index contributed by atoms with van der Waals surface area (Å²) in [6.45, 7) is 9.03. The number of carbonyl (C=O) groups is 1. The first-order chi connectivity index (χ1) is 13.5. The third kappa shape index (κ3) is 3.75. The highest BCUT2D eigenvalue weighted by Crippen LogP contribution is 2.25. The first-order valence-electron chi connectivity index (χ1n) is 10.1. The van der Waals surface area contributed by atoms with Gasteiger partial charge in [0.1, 0.15) is 5.82 Å². The normalized spacial score (nSPS) is 14.0. The molecule has 2 heterocycles. The minimum absolute atomic E-state index is 0.0248. The SMILES string of the molecule is Cc1cc2nc(CCNC(=O)c3ccc(C)c(N4CCCC4)c3)[nH]c2cc1C. The van der Waals surface area contributed by atoms with Gasteiger partial charge in [-0.1, -0.05) is 6.07 Å². The molecule has 1 amide bonds. The highest BCUT2D eigenvalue weighted by atomic mass is 16.1. The fraction of sp³-hybridized carbons (Fsp3) is 0.391. The van der Waals surface area contributed by atoms with Crippen LogP contribution in [0.15, 0.2) is 30.3 Å². The Morgan fingerprint density at radius 1 is 1.07 bits per heavy atom. The van der Waals surface area contributed by atoms with E-state index in [-0.39, 0.29) is 5.91 Å². The summed E-state index contributed by atoms with van der Waals surface area (Å²) < 4.78 is 0. The maximum absolute atomic E-state index is 12.6. The molecule has 1 aromatic heterocycles. The van der Waals surface area contributed by atoms with Crippen LogP contribution in [0.4, 0.5) is 5.69 Å². The third-order valence-corrected chi connectivity index (χ3v) is 5.71. The maximum atomic E-state index is 12.6. The summed E-state index contributed by atoms with van der Waals surface area (Å²) in [4.78, 5) is 23.0. The molecule has 1 aliphatic heterocycles. The van der Waals surface area contributed by atoms with E-state index < -0.39 is 0 Å². The van der Waals surface area contributed by atoms with E-state index in [4.69, 9.17) is 0 Å². The molecule has 5 heteroatoms. The minimum Gasteiger partial charge on any atom is -0.371 e. The van der Waals surface area contributed by atoms with E-state index in [9.17, 15) is 4.79 Å². The Kier molecular flexibility index (Phi) is 5.07. The zero-order chi connectivity index (χ0) is 19.7. The van der Waals surface area contributed by atoms with Gasteiger partial charge in [-0.25, -0.2) is 4.98 Å². The summed E-state index contributed by atoms with van der Waals surface area (Å²) in [6.07, 6.45) is 3.14. The largest absolute Gasteiger partial charge is 0.371 e. The number of rotatable bonds is 5. The molecule has 1 aliphatic rings. The van der Waals surface area contributed by atoms with Crippen molar-refractivity contribution in [2.45, 2.75) is 40.0 Å². The Morgan fingerprint density at radius 3 is 2.61 bits per heavy atom. The summed E-state index contributed by atoms with van der Waals surface area (Å²) in [7, 11) is 0. The number of aromatic amines is 1. The van der Waals surface area contributed by atoms with E-state index in [1.54, 1.807) is 0 Å². The number of fused-ring (bicyclic) bond motifs is 1. The second-order valence-corrected chi connectivity index (χ2v) is 7.84. The Hall–Kier alpha value is -2.82. The number of anilines is 1. The van der Waals surface area contributed by atoms with Crippen LogP contribution in [0.25, 0.3) is 11.0 Å². The first kappa shape index (κ1) is 18.5. The zero-order valence-electron chi connectivity index (χ0n) is 16.9. The summed E-state index contributed by atoms with van der Waals surface area (Å²) in [5.74, 6) is 0.880. The van der Waals surface area contributed by atoms with Crippen molar-refractivity contribution in [1.29, 1.82) is 0 Å². The van der Waals surface area contributed by atoms with Gasteiger partial charge in [0.25, 0.3) is 5.91 Å². The lowest BCUT2D eigenvalue weighted by atomic mass is 10.1. The van der Waals surface area contributed by atoms with Crippen LogP contribution in [0.5, 0.6) is 0 Å². The van der Waals surface area contributed by atoms with Gasteiger partial charge >= 0.3 is 0 Å². The lowest BCUT2D eigenvalue weighted by Gasteiger charge is -2.20. The molecule has 2 N–H and O–H groups in total. The smallest absolute Gasteiger partial charge is 0.251 e. The predicted molar refractivity (Wildman–Crippen MR) is 114 cm³/mol. The molecule has 3 aromatic rings. The second-order valence-electron chi connectivity index (χ2n) is 7.84. The van der Waals surface area contributed by atoms with E-state index in [1.165, 1.54) is 35.2 Å². The Bertz CT molecular complexity index is 976. The quantitative estimate of drug-likeness (QED) is 0.706. The molecule has 0 unspecified atom stereocenters. The number of nitrogens with zero attached hydrogens (tertiary/aromatic N) is 2. The summed E-state index contributed by atoms with van der Waals surface area (Å²) in [5, 5.41) is 3.03. The lowest BCUT2D eigenvalue weighted by molar-refractivity contribution is 0.0954. The number of hydrogen-bond donors (Lipinski definition) is 2. The fourth-order valence-corrected chi connectivity index (χ4v) is 3.89. The number of imidazole rings is 1. The Labute approximate surface area is 166 Å². The molecule has 0 bridgehead atoms. The van der Waals surface area contributed by atoms with E-state index >= 15 is 0 Å². The van der Waals surface area contributed by atoms with Crippen LogP contribution >= 0.6 is 0 Å². The van der Waals surface area contributed by atoms with Crippen LogP contribution in [0.1, 0.15) is 45.7 Å². The first-order valence-corrected chi connectivity index (χ1v) is 10.1. The van der Waals surface area contributed by atoms with Gasteiger partial charge in [-0.3, -0.25) is 4.79 Å². The number of benzene rings is 2.